The summed E-state index contributed by atoms with van der Waals surface area (Å²) in [6.07, 6.45) is 3.70. The van der Waals surface area contributed by atoms with Crippen molar-refractivity contribution in [2.75, 3.05) is 49.7 Å². The number of para-hydroxylation sites is 2. The number of ether oxygens (including phenoxy) is 2. The van der Waals surface area contributed by atoms with Gasteiger partial charge < -0.3 is 19.7 Å². The molecule has 0 radical (unpaired) electrons. The second-order valence-electron chi connectivity index (χ2n) is 6.26. The Balaban J connectivity index is 1.55. The fourth-order valence-corrected chi connectivity index (χ4v) is 3.24. The molecule has 126 valence electrons. The summed E-state index contributed by atoms with van der Waals surface area (Å²) in [5, 5.41) is 3.09. The Morgan fingerprint density at radius 3 is 2.57 bits per heavy atom. The number of benzene rings is 1. The van der Waals surface area contributed by atoms with Crippen LogP contribution in [0.15, 0.2) is 24.3 Å². The molecule has 2 aliphatic rings. The standard InChI is InChI=1S/C18H26N2O3/c21-18(6-5-15-7-11-22-12-8-15)19-16-3-1-2-4-17(16)20-9-13-23-14-10-20/h1-4,15H,5-14H2,(H,19,21). The monoisotopic (exact) mass is 318 g/mol. The summed E-state index contributed by atoms with van der Waals surface area (Å²) >= 11 is 0. The highest BCUT2D eigenvalue weighted by atomic mass is 16.5. The SMILES string of the molecule is O=C(CCC1CCOCC1)Nc1ccccc1N1CCOCC1. The molecule has 0 saturated carbocycles. The van der Waals surface area contributed by atoms with Crippen molar-refractivity contribution >= 4 is 17.3 Å². The molecule has 1 aromatic rings. The van der Waals surface area contributed by atoms with E-state index in [9.17, 15) is 4.79 Å². The first-order valence-electron chi connectivity index (χ1n) is 8.62. The first-order chi connectivity index (χ1) is 11.3. The first-order valence-corrected chi connectivity index (χ1v) is 8.62. The molecule has 2 heterocycles. The Hall–Kier alpha value is -1.59. The lowest BCUT2D eigenvalue weighted by Crippen LogP contribution is -2.36. The second-order valence-corrected chi connectivity index (χ2v) is 6.26. The molecule has 2 aliphatic heterocycles. The van der Waals surface area contributed by atoms with E-state index in [0.717, 1.165) is 70.2 Å². The van der Waals surface area contributed by atoms with E-state index in [4.69, 9.17) is 9.47 Å². The lowest BCUT2D eigenvalue weighted by molar-refractivity contribution is -0.116. The zero-order chi connectivity index (χ0) is 15.9. The number of nitrogens with zero attached hydrogens (tertiary/aromatic N) is 1. The number of anilines is 2. The van der Waals surface area contributed by atoms with Gasteiger partial charge in [-0.3, -0.25) is 4.79 Å². The predicted octanol–water partition coefficient (Wildman–Crippen LogP) is 2.67. The maximum Gasteiger partial charge on any atom is 0.224 e. The van der Waals surface area contributed by atoms with Gasteiger partial charge in [0.1, 0.15) is 0 Å². The van der Waals surface area contributed by atoms with E-state index < -0.39 is 0 Å². The van der Waals surface area contributed by atoms with Gasteiger partial charge in [-0.15, -0.1) is 0 Å². The summed E-state index contributed by atoms with van der Waals surface area (Å²) < 4.78 is 10.8. The summed E-state index contributed by atoms with van der Waals surface area (Å²) in [6.45, 7) is 4.90. The number of rotatable bonds is 5. The lowest BCUT2D eigenvalue weighted by atomic mass is 9.95. The average molecular weight is 318 g/mol. The number of hydrogen-bond donors (Lipinski definition) is 1. The molecule has 5 nitrogen and oxygen atoms in total. The minimum Gasteiger partial charge on any atom is -0.381 e. The maximum absolute atomic E-state index is 12.3. The molecule has 2 fully saturated rings. The highest BCUT2D eigenvalue weighted by Crippen LogP contribution is 2.27. The van der Waals surface area contributed by atoms with Crippen molar-refractivity contribution in [1.82, 2.24) is 0 Å². The van der Waals surface area contributed by atoms with Crippen molar-refractivity contribution in [3.8, 4) is 0 Å². The highest BCUT2D eigenvalue weighted by molar-refractivity contribution is 5.94. The van der Waals surface area contributed by atoms with Gasteiger partial charge in [0, 0.05) is 32.7 Å². The number of morpholine rings is 1. The highest BCUT2D eigenvalue weighted by Gasteiger charge is 2.18. The number of carbonyl (C=O) groups is 1. The van der Waals surface area contributed by atoms with Crippen molar-refractivity contribution in [2.45, 2.75) is 25.7 Å². The van der Waals surface area contributed by atoms with Gasteiger partial charge in [0.05, 0.1) is 24.6 Å². The van der Waals surface area contributed by atoms with Crippen LogP contribution in [0.5, 0.6) is 0 Å². The van der Waals surface area contributed by atoms with Gasteiger partial charge in [-0.25, -0.2) is 0 Å². The van der Waals surface area contributed by atoms with Crippen molar-refractivity contribution < 1.29 is 14.3 Å². The van der Waals surface area contributed by atoms with E-state index in [1.165, 1.54) is 0 Å². The minimum absolute atomic E-state index is 0.109. The number of nitrogens with one attached hydrogen (secondary N) is 1. The van der Waals surface area contributed by atoms with Crippen molar-refractivity contribution in [3.63, 3.8) is 0 Å². The molecular weight excluding hydrogens is 292 g/mol. The molecule has 0 aromatic heterocycles. The van der Waals surface area contributed by atoms with Crippen molar-refractivity contribution in [2.24, 2.45) is 5.92 Å². The Bertz CT molecular complexity index is 509. The van der Waals surface area contributed by atoms with Crippen LogP contribution in [0.25, 0.3) is 0 Å². The minimum atomic E-state index is 0.109. The van der Waals surface area contributed by atoms with E-state index in [0.29, 0.717) is 12.3 Å². The third kappa shape index (κ3) is 4.69. The molecule has 1 amide bonds. The fraction of sp³-hybridized carbons (Fsp3) is 0.611. The molecule has 0 atom stereocenters. The van der Waals surface area contributed by atoms with Crippen LogP contribution in [0.3, 0.4) is 0 Å². The molecule has 0 bridgehead atoms. The Morgan fingerprint density at radius 2 is 1.78 bits per heavy atom. The molecule has 3 rings (SSSR count). The zero-order valence-corrected chi connectivity index (χ0v) is 13.6. The van der Waals surface area contributed by atoms with Crippen LogP contribution in [0.4, 0.5) is 11.4 Å². The molecule has 2 saturated heterocycles. The third-order valence-corrected chi connectivity index (χ3v) is 4.65. The van der Waals surface area contributed by atoms with Gasteiger partial charge in [-0.1, -0.05) is 12.1 Å². The molecule has 1 N–H and O–H groups in total. The van der Waals surface area contributed by atoms with Gasteiger partial charge in [0.15, 0.2) is 0 Å². The quantitative estimate of drug-likeness (QED) is 0.907. The van der Waals surface area contributed by atoms with Crippen LogP contribution < -0.4 is 10.2 Å². The molecule has 23 heavy (non-hydrogen) atoms. The van der Waals surface area contributed by atoms with Gasteiger partial charge in [0.25, 0.3) is 0 Å². The number of hydrogen-bond acceptors (Lipinski definition) is 4. The summed E-state index contributed by atoms with van der Waals surface area (Å²) in [5.74, 6) is 0.737. The van der Waals surface area contributed by atoms with Crippen molar-refractivity contribution in [3.05, 3.63) is 24.3 Å². The van der Waals surface area contributed by atoms with Crippen LogP contribution >= 0.6 is 0 Å². The van der Waals surface area contributed by atoms with Gasteiger partial charge in [-0.05, 0) is 37.3 Å². The van der Waals surface area contributed by atoms with E-state index in [1.54, 1.807) is 0 Å². The van der Waals surface area contributed by atoms with E-state index in [1.807, 2.05) is 18.2 Å². The second kappa shape index (κ2) is 8.31. The fourth-order valence-electron chi connectivity index (χ4n) is 3.24. The van der Waals surface area contributed by atoms with Gasteiger partial charge >= 0.3 is 0 Å². The predicted molar refractivity (Wildman–Crippen MR) is 90.9 cm³/mol. The third-order valence-electron chi connectivity index (χ3n) is 4.65. The zero-order valence-electron chi connectivity index (χ0n) is 13.6. The summed E-state index contributed by atoms with van der Waals surface area (Å²) in [5.41, 5.74) is 2.00. The first kappa shape index (κ1) is 16.3. The summed E-state index contributed by atoms with van der Waals surface area (Å²) in [7, 11) is 0. The maximum atomic E-state index is 12.3. The topological polar surface area (TPSA) is 50.8 Å². The number of carbonyl (C=O) groups excluding carboxylic acids is 1. The molecule has 0 aliphatic carbocycles. The van der Waals surface area contributed by atoms with Gasteiger partial charge in [-0.2, -0.15) is 0 Å². The summed E-state index contributed by atoms with van der Waals surface area (Å²) in [6, 6.07) is 8.04. The molecule has 1 aromatic carbocycles. The summed E-state index contributed by atoms with van der Waals surface area (Å²) in [4.78, 5) is 14.6. The van der Waals surface area contributed by atoms with Gasteiger partial charge in [0.2, 0.25) is 5.91 Å². The average Bonchev–Trinajstić information content (AvgIpc) is 2.62. The Morgan fingerprint density at radius 1 is 1.09 bits per heavy atom. The van der Waals surface area contributed by atoms with E-state index in [-0.39, 0.29) is 5.91 Å². The molecule has 5 heteroatoms. The van der Waals surface area contributed by atoms with E-state index >= 15 is 0 Å². The van der Waals surface area contributed by atoms with Crippen LogP contribution in [-0.4, -0.2) is 45.4 Å². The Kier molecular flexibility index (Phi) is 5.88. The lowest BCUT2D eigenvalue weighted by Gasteiger charge is -2.30. The van der Waals surface area contributed by atoms with Crippen molar-refractivity contribution in [1.29, 1.82) is 0 Å². The van der Waals surface area contributed by atoms with E-state index in [2.05, 4.69) is 16.3 Å². The van der Waals surface area contributed by atoms with Crippen LogP contribution in [0, 0.1) is 5.92 Å². The number of amides is 1. The largest absolute Gasteiger partial charge is 0.381 e. The normalized spacial score (nSPS) is 19.6. The molecule has 0 unspecified atom stereocenters. The van der Waals surface area contributed by atoms with Crippen LogP contribution in [-0.2, 0) is 14.3 Å². The Labute approximate surface area is 137 Å². The van der Waals surface area contributed by atoms with Crippen LogP contribution in [0.2, 0.25) is 0 Å². The van der Waals surface area contributed by atoms with Crippen LogP contribution in [0.1, 0.15) is 25.7 Å². The smallest absolute Gasteiger partial charge is 0.224 e. The molecular formula is C18H26N2O3. The molecule has 0 spiro atoms.